The Hall–Kier alpha value is -2.60. The maximum absolute atomic E-state index is 12.3. The molecular weight excluding hydrogens is 342 g/mol. The van der Waals surface area contributed by atoms with E-state index in [2.05, 4.69) is 36.2 Å². The van der Waals surface area contributed by atoms with Crippen molar-refractivity contribution in [1.82, 2.24) is 9.80 Å². The van der Waals surface area contributed by atoms with Gasteiger partial charge in [-0.1, -0.05) is 26.0 Å². The molecule has 144 valence electrons. The molecule has 3 rings (SSSR count). The number of furan rings is 1. The van der Waals surface area contributed by atoms with Crippen LogP contribution >= 0.6 is 0 Å². The van der Waals surface area contributed by atoms with Gasteiger partial charge < -0.3 is 14.6 Å². The SMILES string of the molecule is CC[C@@H](C)c1ccc(NC(=O)CN2CCN(C(=O)c3ccco3)CC2)cc1. The molecule has 1 aromatic carbocycles. The van der Waals surface area contributed by atoms with E-state index in [0.717, 1.165) is 12.1 Å². The van der Waals surface area contributed by atoms with Crippen LogP contribution in [0.3, 0.4) is 0 Å². The van der Waals surface area contributed by atoms with Crippen molar-refractivity contribution in [2.24, 2.45) is 0 Å². The molecule has 1 saturated heterocycles. The van der Waals surface area contributed by atoms with Gasteiger partial charge in [0, 0.05) is 31.9 Å². The minimum atomic E-state index is -0.0921. The number of rotatable bonds is 6. The summed E-state index contributed by atoms with van der Waals surface area (Å²) in [4.78, 5) is 28.4. The molecule has 1 atom stereocenters. The van der Waals surface area contributed by atoms with Gasteiger partial charge in [-0.05, 0) is 42.2 Å². The van der Waals surface area contributed by atoms with Gasteiger partial charge in [-0.25, -0.2) is 0 Å². The zero-order valence-corrected chi connectivity index (χ0v) is 16.0. The molecule has 2 heterocycles. The lowest BCUT2D eigenvalue weighted by molar-refractivity contribution is -0.117. The number of amides is 2. The second-order valence-electron chi connectivity index (χ2n) is 7.03. The van der Waals surface area contributed by atoms with Crippen LogP contribution in [0, 0.1) is 0 Å². The lowest BCUT2D eigenvalue weighted by atomic mass is 9.99. The summed E-state index contributed by atoms with van der Waals surface area (Å²) in [6.07, 6.45) is 2.60. The predicted molar refractivity (Wildman–Crippen MR) is 105 cm³/mol. The summed E-state index contributed by atoms with van der Waals surface area (Å²) < 4.78 is 5.17. The standard InChI is InChI=1S/C21H27N3O3/c1-3-16(2)17-6-8-18(9-7-17)22-20(25)15-23-10-12-24(13-11-23)21(26)19-5-4-14-27-19/h4-9,14,16H,3,10-13,15H2,1-2H3,(H,22,25)/t16-/m1/s1. The van der Waals surface area contributed by atoms with Gasteiger partial charge in [0.1, 0.15) is 0 Å². The number of nitrogens with zero attached hydrogens (tertiary/aromatic N) is 2. The Balaban J connectivity index is 1.45. The number of hydrogen-bond donors (Lipinski definition) is 1. The van der Waals surface area contributed by atoms with E-state index in [9.17, 15) is 9.59 Å². The third-order valence-electron chi connectivity index (χ3n) is 5.13. The predicted octanol–water partition coefficient (Wildman–Crippen LogP) is 3.19. The lowest BCUT2D eigenvalue weighted by Gasteiger charge is -2.33. The molecule has 0 saturated carbocycles. The van der Waals surface area contributed by atoms with Crippen molar-refractivity contribution in [3.05, 3.63) is 54.0 Å². The summed E-state index contributed by atoms with van der Waals surface area (Å²) in [5.74, 6) is 0.763. The van der Waals surface area contributed by atoms with Crippen LogP contribution in [0.1, 0.15) is 42.3 Å². The van der Waals surface area contributed by atoms with E-state index in [0.29, 0.717) is 44.4 Å². The zero-order valence-electron chi connectivity index (χ0n) is 16.0. The molecular formula is C21H27N3O3. The smallest absolute Gasteiger partial charge is 0.289 e. The fourth-order valence-corrected chi connectivity index (χ4v) is 3.20. The van der Waals surface area contributed by atoms with Crippen LogP contribution < -0.4 is 5.32 Å². The van der Waals surface area contributed by atoms with Gasteiger partial charge in [-0.2, -0.15) is 0 Å². The highest BCUT2D eigenvalue weighted by molar-refractivity contribution is 5.92. The molecule has 6 heteroatoms. The van der Waals surface area contributed by atoms with Crippen molar-refractivity contribution in [1.29, 1.82) is 0 Å². The lowest BCUT2D eigenvalue weighted by Crippen LogP contribution is -2.50. The maximum atomic E-state index is 12.3. The first-order valence-electron chi connectivity index (χ1n) is 9.51. The average molecular weight is 369 g/mol. The second-order valence-corrected chi connectivity index (χ2v) is 7.03. The van der Waals surface area contributed by atoms with Gasteiger partial charge in [-0.3, -0.25) is 14.5 Å². The van der Waals surface area contributed by atoms with E-state index in [1.54, 1.807) is 17.0 Å². The summed E-state index contributed by atoms with van der Waals surface area (Å²) in [6, 6.07) is 11.4. The molecule has 2 amide bonds. The number of carbonyl (C=O) groups is 2. The minimum Gasteiger partial charge on any atom is -0.459 e. The Morgan fingerprint density at radius 2 is 1.81 bits per heavy atom. The Morgan fingerprint density at radius 1 is 1.11 bits per heavy atom. The Morgan fingerprint density at radius 3 is 2.41 bits per heavy atom. The molecule has 1 aliphatic heterocycles. The number of anilines is 1. The van der Waals surface area contributed by atoms with E-state index in [1.165, 1.54) is 11.8 Å². The summed E-state index contributed by atoms with van der Waals surface area (Å²) in [6.45, 7) is 7.23. The van der Waals surface area contributed by atoms with Crippen LogP contribution in [0.25, 0.3) is 0 Å². The number of nitrogens with one attached hydrogen (secondary N) is 1. The number of piperazine rings is 1. The summed E-state index contributed by atoms with van der Waals surface area (Å²) in [5.41, 5.74) is 2.10. The van der Waals surface area contributed by atoms with Gasteiger partial charge in [0.25, 0.3) is 5.91 Å². The molecule has 2 aromatic rings. The van der Waals surface area contributed by atoms with Gasteiger partial charge in [-0.15, -0.1) is 0 Å². The molecule has 0 spiro atoms. The molecule has 27 heavy (non-hydrogen) atoms. The van der Waals surface area contributed by atoms with Crippen LogP contribution in [0.15, 0.2) is 47.1 Å². The van der Waals surface area contributed by atoms with E-state index in [1.807, 2.05) is 12.1 Å². The third-order valence-corrected chi connectivity index (χ3v) is 5.13. The monoisotopic (exact) mass is 369 g/mol. The van der Waals surface area contributed by atoms with Gasteiger partial charge in [0.05, 0.1) is 12.8 Å². The summed E-state index contributed by atoms with van der Waals surface area (Å²) in [5, 5.41) is 2.95. The number of hydrogen-bond acceptors (Lipinski definition) is 4. The van der Waals surface area contributed by atoms with Crippen LogP contribution in [0.5, 0.6) is 0 Å². The van der Waals surface area contributed by atoms with Crippen molar-refractivity contribution in [2.75, 3.05) is 38.0 Å². The topological polar surface area (TPSA) is 65.8 Å². The Kier molecular flexibility index (Phi) is 6.29. The first-order chi connectivity index (χ1) is 13.1. The summed E-state index contributed by atoms with van der Waals surface area (Å²) in [7, 11) is 0. The minimum absolute atomic E-state index is 0.0305. The molecule has 0 aliphatic carbocycles. The van der Waals surface area contributed by atoms with Crippen molar-refractivity contribution >= 4 is 17.5 Å². The average Bonchev–Trinajstić information content (AvgIpc) is 3.23. The zero-order chi connectivity index (χ0) is 19.2. The number of benzene rings is 1. The Labute approximate surface area is 160 Å². The fraction of sp³-hybridized carbons (Fsp3) is 0.429. The van der Waals surface area contributed by atoms with E-state index in [4.69, 9.17) is 4.42 Å². The highest BCUT2D eigenvalue weighted by Gasteiger charge is 2.24. The largest absolute Gasteiger partial charge is 0.459 e. The van der Waals surface area contributed by atoms with Crippen LogP contribution in [-0.4, -0.2) is 54.3 Å². The van der Waals surface area contributed by atoms with Gasteiger partial charge >= 0.3 is 0 Å². The number of carbonyl (C=O) groups excluding carboxylic acids is 2. The quantitative estimate of drug-likeness (QED) is 0.849. The van der Waals surface area contributed by atoms with Gasteiger partial charge in [0.15, 0.2) is 5.76 Å². The third kappa shape index (κ3) is 4.98. The molecule has 0 bridgehead atoms. The van der Waals surface area contributed by atoms with Crippen molar-refractivity contribution in [2.45, 2.75) is 26.2 Å². The van der Waals surface area contributed by atoms with Crippen molar-refractivity contribution < 1.29 is 14.0 Å². The van der Waals surface area contributed by atoms with E-state index < -0.39 is 0 Å². The van der Waals surface area contributed by atoms with E-state index in [-0.39, 0.29) is 11.8 Å². The van der Waals surface area contributed by atoms with E-state index >= 15 is 0 Å². The molecule has 1 fully saturated rings. The highest BCUT2D eigenvalue weighted by Crippen LogP contribution is 2.20. The second kappa shape index (κ2) is 8.86. The fourth-order valence-electron chi connectivity index (χ4n) is 3.20. The molecule has 6 nitrogen and oxygen atoms in total. The maximum Gasteiger partial charge on any atom is 0.289 e. The molecule has 0 unspecified atom stereocenters. The molecule has 1 aliphatic rings. The summed E-state index contributed by atoms with van der Waals surface area (Å²) >= 11 is 0. The van der Waals surface area contributed by atoms with Gasteiger partial charge in [0.2, 0.25) is 5.91 Å². The first-order valence-corrected chi connectivity index (χ1v) is 9.51. The Bertz CT molecular complexity index is 747. The van der Waals surface area contributed by atoms with Crippen molar-refractivity contribution in [3.63, 3.8) is 0 Å². The van der Waals surface area contributed by atoms with Crippen LogP contribution in [-0.2, 0) is 4.79 Å². The van der Waals surface area contributed by atoms with Crippen LogP contribution in [0.2, 0.25) is 0 Å². The van der Waals surface area contributed by atoms with Crippen molar-refractivity contribution in [3.8, 4) is 0 Å². The van der Waals surface area contributed by atoms with Crippen LogP contribution in [0.4, 0.5) is 5.69 Å². The molecule has 0 radical (unpaired) electrons. The highest BCUT2D eigenvalue weighted by atomic mass is 16.3. The normalized spacial score (nSPS) is 16.1. The molecule has 1 aromatic heterocycles. The first kappa shape index (κ1) is 19.2. The molecule has 1 N–H and O–H groups in total.